The predicted octanol–water partition coefficient (Wildman–Crippen LogP) is 16.4. The molecule has 0 unspecified atom stereocenters. The lowest BCUT2D eigenvalue weighted by molar-refractivity contribution is -0.142. The SMILES string of the molecule is CCCCCC/C=C\COC(=O)CCCN(CCCCCCCCCCCCCC)CC(=O)N1CCN(C(=O)CN(CCCCCCCCC)CCN(CCCCCCCCC)CCCCCCCCC)CC1. The summed E-state index contributed by atoms with van der Waals surface area (Å²) in [6, 6.07) is 0. The Morgan fingerprint density at radius 1 is 0.342 bits per heavy atom. The molecule has 1 rings (SSSR count). The topological polar surface area (TPSA) is 76.6 Å². The summed E-state index contributed by atoms with van der Waals surface area (Å²) in [7, 11) is 0. The normalized spacial score (nSPS) is 13.2. The van der Waals surface area contributed by atoms with E-state index in [0.717, 1.165) is 45.4 Å². The molecule has 0 bridgehead atoms. The number of hydrogen-bond acceptors (Lipinski definition) is 7. The first-order chi connectivity index (χ1) is 35.9. The monoisotopic (exact) mass is 1030 g/mol. The van der Waals surface area contributed by atoms with Crippen molar-refractivity contribution < 1.29 is 19.1 Å². The van der Waals surface area contributed by atoms with Gasteiger partial charge in [0.05, 0.1) is 13.1 Å². The highest BCUT2D eigenvalue weighted by Crippen LogP contribution is 2.16. The number of unbranched alkanes of at least 4 members (excludes halogenated alkanes) is 33. The Morgan fingerprint density at radius 3 is 1.00 bits per heavy atom. The first-order valence-corrected chi connectivity index (χ1v) is 32.4. The maximum atomic E-state index is 14.1. The van der Waals surface area contributed by atoms with Gasteiger partial charge in [-0.1, -0.05) is 252 Å². The number of carbonyl (C=O) groups is 3. The second-order valence-electron chi connectivity index (χ2n) is 22.5. The maximum Gasteiger partial charge on any atom is 0.306 e. The van der Waals surface area contributed by atoms with E-state index >= 15 is 0 Å². The van der Waals surface area contributed by atoms with Gasteiger partial charge >= 0.3 is 5.97 Å². The third-order valence-corrected chi connectivity index (χ3v) is 15.6. The summed E-state index contributed by atoms with van der Waals surface area (Å²) in [6.45, 7) is 21.9. The summed E-state index contributed by atoms with van der Waals surface area (Å²) in [5, 5.41) is 0. The van der Waals surface area contributed by atoms with E-state index in [4.69, 9.17) is 4.74 Å². The third-order valence-electron chi connectivity index (χ3n) is 15.6. The molecule has 0 aromatic rings. The van der Waals surface area contributed by atoms with Crippen molar-refractivity contribution in [3.63, 3.8) is 0 Å². The second kappa shape index (κ2) is 53.4. The highest BCUT2D eigenvalue weighted by molar-refractivity contribution is 5.80. The fraction of sp³-hybridized carbons (Fsp3) is 0.922. The Hall–Kier alpha value is -1.97. The quantitative estimate of drug-likeness (QED) is 0.0341. The van der Waals surface area contributed by atoms with E-state index in [-0.39, 0.29) is 17.8 Å². The highest BCUT2D eigenvalue weighted by atomic mass is 16.5. The van der Waals surface area contributed by atoms with Crippen LogP contribution in [-0.2, 0) is 19.1 Å². The standard InChI is InChI=1S/C64H125N5O4/c1-6-11-16-21-26-27-28-29-30-34-39-43-50-66(52-46-47-64(72)73-59-45-40-35-25-20-15-10-5)60-62(70)68-55-57-69(58-56-68)63(71)61-67(51-44-38-33-24-19-14-9-4)54-53-65(48-41-36-31-22-17-12-7-2)49-42-37-32-23-18-13-8-3/h40,45H,6-39,41-44,46-61H2,1-5H3/b45-40-. The van der Waals surface area contributed by atoms with E-state index < -0.39 is 0 Å². The Balaban J connectivity index is 2.81. The Bertz CT molecular complexity index is 1220. The molecule has 1 saturated heterocycles. The average Bonchev–Trinajstić information content (AvgIpc) is 3.39. The molecule has 1 heterocycles. The number of ether oxygens (including phenoxy) is 1. The van der Waals surface area contributed by atoms with Gasteiger partial charge in [0.1, 0.15) is 6.61 Å². The molecule has 1 fully saturated rings. The molecule has 9 heteroatoms. The lowest BCUT2D eigenvalue weighted by atomic mass is 10.1. The fourth-order valence-electron chi connectivity index (χ4n) is 10.5. The molecule has 9 nitrogen and oxygen atoms in total. The van der Waals surface area contributed by atoms with Crippen molar-refractivity contribution in [2.45, 2.75) is 291 Å². The zero-order valence-corrected chi connectivity index (χ0v) is 49.7. The van der Waals surface area contributed by atoms with E-state index in [1.54, 1.807) is 0 Å². The van der Waals surface area contributed by atoms with Crippen LogP contribution in [0.15, 0.2) is 12.2 Å². The van der Waals surface area contributed by atoms with Crippen LogP contribution in [0.5, 0.6) is 0 Å². The maximum absolute atomic E-state index is 14.1. The zero-order chi connectivity index (χ0) is 52.9. The molecule has 73 heavy (non-hydrogen) atoms. The van der Waals surface area contributed by atoms with Gasteiger partial charge in [-0.05, 0) is 77.7 Å². The summed E-state index contributed by atoms with van der Waals surface area (Å²) >= 11 is 0. The van der Waals surface area contributed by atoms with E-state index in [9.17, 15) is 14.4 Å². The number of allylic oxidation sites excluding steroid dienone is 1. The van der Waals surface area contributed by atoms with Crippen molar-refractivity contribution in [2.24, 2.45) is 0 Å². The van der Waals surface area contributed by atoms with Gasteiger partial charge < -0.3 is 19.4 Å². The average molecular weight is 1030 g/mol. The molecule has 0 aliphatic carbocycles. The van der Waals surface area contributed by atoms with E-state index in [0.29, 0.717) is 65.3 Å². The molecule has 0 aromatic carbocycles. The summed E-state index contributed by atoms with van der Waals surface area (Å²) in [5.41, 5.74) is 0. The van der Waals surface area contributed by atoms with Gasteiger partial charge in [0.2, 0.25) is 11.8 Å². The summed E-state index contributed by atoms with van der Waals surface area (Å²) in [5.74, 6) is 0.224. The third kappa shape index (κ3) is 43.8. The van der Waals surface area contributed by atoms with Crippen LogP contribution >= 0.6 is 0 Å². The molecule has 0 N–H and O–H groups in total. The number of esters is 1. The van der Waals surface area contributed by atoms with Gasteiger partial charge in [-0.25, -0.2) is 0 Å². The molecule has 430 valence electrons. The number of rotatable bonds is 55. The number of hydrogen-bond donors (Lipinski definition) is 0. The van der Waals surface area contributed by atoms with Crippen LogP contribution in [-0.4, -0.2) is 134 Å². The molecule has 1 aliphatic heterocycles. The predicted molar refractivity (Wildman–Crippen MR) is 316 cm³/mol. The van der Waals surface area contributed by atoms with Gasteiger partial charge in [0, 0.05) is 45.7 Å². The minimum absolute atomic E-state index is 0.153. The molecule has 1 aliphatic rings. The van der Waals surface area contributed by atoms with Crippen LogP contribution in [0.1, 0.15) is 291 Å². The van der Waals surface area contributed by atoms with Gasteiger partial charge in [-0.3, -0.25) is 24.2 Å². The van der Waals surface area contributed by atoms with Crippen molar-refractivity contribution in [3.8, 4) is 0 Å². The van der Waals surface area contributed by atoms with E-state index in [2.05, 4.69) is 55.4 Å². The van der Waals surface area contributed by atoms with Crippen molar-refractivity contribution in [1.29, 1.82) is 0 Å². The van der Waals surface area contributed by atoms with Crippen LogP contribution in [0.4, 0.5) is 0 Å². The summed E-state index contributed by atoms with van der Waals surface area (Å²) < 4.78 is 5.53. The number of carbonyl (C=O) groups excluding carboxylic acids is 3. The molecule has 0 aromatic heterocycles. The second-order valence-corrected chi connectivity index (χ2v) is 22.5. The van der Waals surface area contributed by atoms with E-state index in [1.165, 1.54) is 238 Å². The first kappa shape index (κ1) is 69.0. The van der Waals surface area contributed by atoms with Crippen LogP contribution in [0, 0.1) is 0 Å². The largest absolute Gasteiger partial charge is 0.461 e. The molecule has 0 radical (unpaired) electrons. The fourth-order valence-corrected chi connectivity index (χ4v) is 10.5. The minimum atomic E-state index is -0.154. The summed E-state index contributed by atoms with van der Waals surface area (Å²) in [4.78, 5) is 52.2. The van der Waals surface area contributed by atoms with Gasteiger partial charge in [0.25, 0.3) is 0 Å². The lowest BCUT2D eigenvalue weighted by Gasteiger charge is -2.37. The van der Waals surface area contributed by atoms with Crippen LogP contribution in [0.3, 0.4) is 0 Å². The zero-order valence-electron chi connectivity index (χ0n) is 49.7. The van der Waals surface area contributed by atoms with Crippen LogP contribution < -0.4 is 0 Å². The van der Waals surface area contributed by atoms with Crippen molar-refractivity contribution in [3.05, 3.63) is 12.2 Å². The Morgan fingerprint density at radius 2 is 0.630 bits per heavy atom. The minimum Gasteiger partial charge on any atom is -0.461 e. The lowest BCUT2D eigenvalue weighted by Crippen LogP contribution is -2.54. The molecule has 0 saturated carbocycles. The van der Waals surface area contributed by atoms with E-state index in [1.807, 2.05) is 15.9 Å². The first-order valence-electron chi connectivity index (χ1n) is 32.4. The number of amides is 2. The van der Waals surface area contributed by atoms with Gasteiger partial charge in [-0.15, -0.1) is 0 Å². The number of piperazine rings is 1. The van der Waals surface area contributed by atoms with Crippen molar-refractivity contribution in [1.82, 2.24) is 24.5 Å². The molecule has 0 atom stereocenters. The molecule has 2 amide bonds. The number of nitrogens with zero attached hydrogens (tertiary/aromatic N) is 5. The molecular weight excluding hydrogens is 903 g/mol. The Labute approximate surface area is 454 Å². The Kier molecular flexibility index (Phi) is 50.5. The van der Waals surface area contributed by atoms with Gasteiger partial charge in [0.15, 0.2) is 0 Å². The van der Waals surface area contributed by atoms with Crippen LogP contribution in [0.2, 0.25) is 0 Å². The summed E-state index contributed by atoms with van der Waals surface area (Å²) in [6.07, 6.45) is 54.6. The van der Waals surface area contributed by atoms with Gasteiger partial charge in [-0.2, -0.15) is 0 Å². The van der Waals surface area contributed by atoms with Crippen molar-refractivity contribution in [2.75, 3.05) is 91.7 Å². The molecule has 0 spiro atoms. The smallest absolute Gasteiger partial charge is 0.306 e. The highest BCUT2D eigenvalue weighted by Gasteiger charge is 2.26. The van der Waals surface area contributed by atoms with Crippen LogP contribution in [0.25, 0.3) is 0 Å². The molecular formula is C64H125N5O4. The van der Waals surface area contributed by atoms with Crippen molar-refractivity contribution >= 4 is 17.8 Å².